The number of esters is 1. The van der Waals surface area contributed by atoms with Crippen molar-refractivity contribution in [1.29, 1.82) is 0 Å². The van der Waals surface area contributed by atoms with Gasteiger partial charge in [-0.1, -0.05) is 23.7 Å². The number of carbonyl (C=O) groups excluding carboxylic acids is 2. The second kappa shape index (κ2) is 6.79. The van der Waals surface area contributed by atoms with Gasteiger partial charge < -0.3 is 9.84 Å². The summed E-state index contributed by atoms with van der Waals surface area (Å²) >= 11 is 6.01. The zero-order valence-corrected chi connectivity index (χ0v) is 13.3. The monoisotopic (exact) mass is 336 g/mol. The lowest BCUT2D eigenvalue weighted by atomic mass is 9.99. The lowest BCUT2D eigenvalue weighted by molar-refractivity contribution is 0.0525. The second-order valence-corrected chi connectivity index (χ2v) is 5.27. The van der Waals surface area contributed by atoms with Crippen LogP contribution in [-0.4, -0.2) is 23.5 Å². The summed E-state index contributed by atoms with van der Waals surface area (Å²) in [7, 11) is 0. The Bertz CT molecular complexity index is 763. The highest BCUT2D eigenvalue weighted by atomic mass is 35.5. The summed E-state index contributed by atoms with van der Waals surface area (Å²) in [6.45, 7) is 3.38. The van der Waals surface area contributed by atoms with E-state index in [1.807, 2.05) is 0 Å². The van der Waals surface area contributed by atoms with Gasteiger partial charge in [-0.25, -0.2) is 9.18 Å². The molecule has 0 aliphatic heterocycles. The fourth-order valence-electron chi connectivity index (χ4n) is 2.03. The maximum atomic E-state index is 13.6. The number of hydrogen-bond donors (Lipinski definition) is 1. The molecule has 0 amide bonds. The number of rotatable bonds is 4. The highest BCUT2D eigenvalue weighted by Crippen LogP contribution is 2.30. The van der Waals surface area contributed by atoms with E-state index < -0.39 is 23.3 Å². The van der Waals surface area contributed by atoms with Crippen LogP contribution in [0.25, 0.3) is 0 Å². The van der Waals surface area contributed by atoms with Crippen LogP contribution in [0.4, 0.5) is 4.39 Å². The molecular weight excluding hydrogens is 323 g/mol. The highest BCUT2D eigenvalue weighted by Gasteiger charge is 2.21. The average Bonchev–Trinajstić information content (AvgIpc) is 2.49. The first kappa shape index (κ1) is 17.0. The molecule has 1 N–H and O–H groups in total. The first-order chi connectivity index (χ1) is 10.8. The third-order valence-corrected chi connectivity index (χ3v) is 3.54. The van der Waals surface area contributed by atoms with Gasteiger partial charge in [0.1, 0.15) is 11.6 Å². The second-order valence-electron chi connectivity index (χ2n) is 4.87. The summed E-state index contributed by atoms with van der Waals surface area (Å²) in [4.78, 5) is 24.1. The third-order valence-electron chi connectivity index (χ3n) is 3.24. The molecule has 0 aliphatic rings. The summed E-state index contributed by atoms with van der Waals surface area (Å²) < 4.78 is 18.4. The predicted octanol–water partition coefficient (Wildman–Crippen LogP) is 3.90. The zero-order valence-electron chi connectivity index (χ0n) is 12.5. The molecule has 0 bridgehead atoms. The number of phenols is 1. The highest BCUT2D eigenvalue weighted by molar-refractivity contribution is 6.35. The standard InChI is InChI=1S/C17H14ClFO4/c1-3-23-17(22)11-6-12(18)15(14(20)8-11)16(21)10-5-4-9(2)13(19)7-10/h4-8,20H,3H2,1-2H3. The molecule has 0 saturated heterocycles. The van der Waals surface area contributed by atoms with Gasteiger partial charge in [0, 0.05) is 5.56 Å². The van der Waals surface area contributed by atoms with Crippen LogP contribution in [-0.2, 0) is 4.74 Å². The molecule has 2 rings (SSSR count). The van der Waals surface area contributed by atoms with Crippen LogP contribution in [0.2, 0.25) is 5.02 Å². The average molecular weight is 337 g/mol. The normalized spacial score (nSPS) is 10.4. The maximum Gasteiger partial charge on any atom is 0.338 e. The van der Waals surface area contributed by atoms with Gasteiger partial charge in [0.2, 0.25) is 0 Å². The topological polar surface area (TPSA) is 63.6 Å². The van der Waals surface area contributed by atoms with Crippen molar-refractivity contribution in [2.75, 3.05) is 6.61 Å². The van der Waals surface area contributed by atoms with E-state index in [4.69, 9.17) is 16.3 Å². The summed E-state index contributed by atoms with van der Waals surface area (Å²) in [5.41, 5.74) is 0.285. The van der Waals surface area contributed by atoms with Crippen LogP contribution in [0.15, 0.2) is 30.3 Å². The van der Waals surface area contributed by atoms with Gasteiger partial charge in [0.15, 0.2) is 5.78 Å². The Balaban J connectivity index is 2.45. The number of aryl methyl sites for hydroxylation is 1. The molecule has 2 aromatic carbocycles. The number of phenolic OH excluding ortho intramolecular Hbond substituents is 1. The summed E-state index contributed by atoms with van der Waals surface area (Å²) in [6.07, 6.45) is 0. The van der Waals surface area contributed by atoms with Gasteiger partial charge in [-0.3, -0.25) is 4.79 Å². The molecule has 0 fully saturated rings. The molecule has 6 heteroatoms. The van der Waals surface area contributed by atoms with Crippen molar-refractivity contribution in [2.45, 2.75) is 13.8 Å². The Labute approximate surface area is 137 Å². The van der Waals surface area contributed by atoms with Crippen molar-refractivity contribution in [1.82, 2.24) is 0 Å². The van der Waals surface area contributed by atoms with E-state index in [-0.39, 0.29) is 28.3 Å². The van der Waals surface area contributed by atoms with Crippen molar-refractivity contribution in [3.05, 3.63) is 63.4 Å². The zero-order chi connectivity index (χ0) is 17.1. The molecule has 0 heterocycles. The van der Waals surface area contributed by atoms with Crippen molar-refractivity contribution in [2.24, 2.45) is 0 Å². The van der Waals surface area contributed by atoms with Gasteiger partial charge in [-0.05, 0) is 37.6 Å². The Morgan fingerprint density at radius 1 is 1.22 bits per heavy atom. The van der Waals surface area contributed by atoms with Crippen molar-refractivity contribution >= 4 is 23.4 Å². The van der Waals surface area contributed by atoms with E-state index in [9.17, 15) is 19.1 Å². The van der Waals surface area contributed by atoms with Gasteiger partial charge in [-0.15, -0.1) is 0 Å². The van der Waals surface area contributed by atoms with Crippen molar-refractivity contribution in [3.8, 4) is 5.75 Å². The number of hydrogen-bond acceptors (Lipinski definition) is 4. The number of ether oxygens (including phenoxy) is 1. The van der Waals surface area contributed by atoms with Gasteiger partial charge in [0.25, 0.3) is 0 Å². The van der Waals surface area contributed by atoms with Gasteiger partial charge >= 0.3 is 5.97 Å². The van der Waals surface area contributed by atoms with Gasteiger partial charge in [-0.2, -0.15) is 0 Å². The first-order valence-corrected chi connectivity index (χ1v) is 7.23. The smallest absolute Gasteiger partial charge is 0.338 e. The van der Waals surface area contributed by atoms with Crippen LogP contribution in [0, 0.1) is 12.7 Å². The molecule has 0 atom stereocenters. The molecule has 4 nitrogen and oxygen atoms in total. The molecule has 0 saturated carbocycles. The Morgan fingerprint density at radius 2 is 1.91 bits per heavy atom. The largest absolute Gasteiger partial charge is 0.507 e. The molecule has 0 aromatic heterocycles. The molecule has 23 heavy (non-hydrogen) atoms. The third kappa shape index (κ3) is 3.51. The fraction of sp³-hybridized carbons (Fsp3) is 0.176. The van der Waals surface area contributed by atoms with Crippen LogP contribution in [0.3, 0.4) is 0 Å². The minimum absolute atomic E-state index is 0.0287. The number of benzene rings is 2. The molecule has 0 spiro atoms. The Hall–Kier alpha value is -2.40. The molecule has 120 valence electrons. The van der Waals surface area contributed by atoms with Gasteiger partial charge in [0.05, 0.1) is 22.8 Å². The lowest BCUT2D eigenvalue weighted by Gasteiger charge is -2.10. The summed E-state index contributed by atoms with van der Waals surface area (Å²) in [5.74, 6) is -2.30. The Kier molecular flexibility index (Phi) is 5.01. The Morgan fingerprint density at radius 3 is 2.48 bits per heavy atom. The van der Waals surface area contributed by atoms with Crippen molar-refractivity contribution in [3.63, 3.8) is 0 Å². The van der Waals surface area contributed by atoms with E-state index in [1.165, 1.54) is 18.2 Å². The quantitative estimate of drug-likeness (QED) is 0.679. The molecule has 0 unspecified atom stereocenters. The summed E-state index contributed by atoms with van der Waals surface area (Å²) in [6, 6.07) is 6.31. The van der Waals surface area contributed by atoms with E-state index in [0.717, 1.165) is 12.1 Å². The molecule has 0 radical (unpaired) electrons. The van der Waals surface area contributed by atoms with E-state index in [1.54, 1.807) is 13.8 Å². The van der Waals surface area contributed by atoms with Crippen LogP contribution in [0.5, 0.6) is 5.75 Å². The minimum atomic E-state index is -0.662. The number of ketones is 1. The number of carbonyl (C=O) groups is 2. The van der Waals surface area contributed by atoms with Crippen LogP contribution in [0.1, 0.15) is 38.8 Å². The number of aromatic hydroxyl groups is 1. The molecule has 0 aliphatic carbocycles. The maximum absolute atomic E-state index is 13.6. The molecule has 2 aromatic rings. The summed E-state index contributed by atoms with van der Waals surface area (Å²) in [5, 5.41) is 9.93. The first-order valence-electron chi connectivity index (χ1n) is 6.85. The van der Waals surface area contributed by atoms with Crippen molar-refractivity contribution < 1.29 is 23.8 Å². The van der Waals surface area contributed by atoms with Crippen LogP contribution >= 0.6 is 11.6 Å². The van der Waals surface area contributed by atoms with Crippen LogP contribution < -0.4 is 0 Å². The van der Waals surface area contributed by atoms with E-state index in [0.29, 0.717) is 5.56 Å². The van der Waals surface area contributed by atoms with E-state index in [2.05, 4.69) is 0 Å². The molecular formula is C17H14ClFO4. The number of halogens is 2. The lowest BCUT2D eigenvalue weighted by Crippen LogP contribution is -2.08. The SMILES string of the molecule is CCOC(=O)c1cc(O)c(C(=O)c2ccc(C)c(F)c2)c(Cl)c1. The minimum Gasteiger partial charge on any atom is -0.507 e. The fourth-order valence-corrected chi connectivity index (χ4v) is 2.33. The van der Waals surface area contributed by atoms with E-state index >= 15 is 0 Å². The predicted molar refractivity (Wildman–Crippen MR) is 83.6 cm³/mol.